The molecule has 2 aliphatic heterocycles. The Morgan fingerprint density at radius 3 is 2.36 bits per heavy atom. The van der Waals surface area contributed by atoms with Gasteiger partial charge in [-0.05, 0) is 45.2 Å². The predicted octanol–water partition coefficient (Wildman–Crippen LogP) is 3.16. The summed E-state index contributed by atoms with van der Waals surface area (Å²) in [6.45, 7) is 10.0. The fraction of sp³-hybridized carbons (Fsp3) is 0.526. The van der Waals surface area contributed by atoms with Crippen molar-refractivity contribution in [2.45, 2.75) is 51.9 Å². The van der Waals surface area contributed by atoms with Crippen LogP contribution in [0.15, 0.2) is 41.9 Å². The maximum absolute atomic E-state index is 12.3. The Morgan fingerprint density at radius 1 is 1.16 bits per heavy atom. The number of hydrogen-bond donors (Lipinski definition) is 1. The zero-order chi connectivity index (χ0) is 18.1. The molecule has 0 spiro atoms. The van der Waals surface area contributed by atoms with Crippen LogP contribution in [0, 0.1) is 0 Å². The van der Waals surface area contributed by atoms with Crippen molar-refractivity contribution in [3.05, 3.63) is 47.4 Å². The van der Waals surface area contributed by atoms with E-state index in [1.54, 1.807) is 0 Å². The fourth-order valence-corrected chi connectivity index (χ4v) is 2.96. The van der Waals surface area contributed by atoms with Crippen LogP contribution < -0.4 is 5.32 Å². The second kappa shape index (κ2) is 6.85. The summed E-state index contributed by atoms with van der Waals surface area (Å²) in [5.41, 5.74) is 1.57. The SMILES string of the molecule is CC1(C)OB(C2=CCN(C(=O)NCc3ccccc3)CC2)OC1(C)C. The molecule has 0 radical (unpaired) electrons. The minimum atomic E-state index is -0.331. The molecule has 5 nitrogen and oxygen atoms in total. The first-order chi connectivity index (χ1) is 11.8. The number of nitrogens with zero attached hydrogens (tertiary/aromatic N) is 1. The van der Waals surface area contributed by atoms with Crippen LogP contribution in [0.3, 0.4) is 0 Å². The minimum Gasteiger partial charge on any atom is -0.400 e. The van der Waals surface area contributed by atoms with Gasteiger partial charge in [-0.2, -0.15) is 0 Å². The van der Waals surface area contributed by atoms with E-state index in [2.05, 4.69) is 39.1 Å². The zero-order valence-corrected chi connectivity index (χ0v) is 15.5. The molecule has 2 heterocycles. The standard InChI is InChI=1S/C19H27BN2O3/c1-18(2)19(3,4)25-20(24-18)16-10-12-22(13-11-16)17(23)21-14-15-8-6-5-7-9-15/h5-10H,11-14H2,1-4H3,(H,21,23). The number of carbonyl (C=O) groups excluding carboxylic acids is 1. The third-order valence-electron chi connectivity index (χ3n) is 5.37. The molecule has 0 atom stereocenters. The van der Waals surface area contributed by atoms with E-state index in [9.17, 15) is 4.79 Å². The van der Waals surface area contributed by atoms with Gasteiger partial charge in [-0.1, -0.05) is 36.4 Å². The molecule has 25 heavy (non-hydrogen) atoms. The largest absolute Gasteiger partial charge is 0.490 e. The topological polar surface area (TPSA) is 50.8 Å². The molecule has 0 bridgehead atoms. The molecule has 2 amide bonds. The molecular weight excluding hydrogens is 315 g/mol. The lowest BCUT2D eigenvalue weighted by Crippen LogP contribution is -2.43. The van der Waals surface area contributed by atoms with Crippen LogP contribution in [0.25, 0.3) is 0 Å². The third kappa shape index (κ3) is 3.91. The van der Waals surface area contributed by atoms with E-state index in [0.717, 1.165) is 17.5 Å². The van der Waals surface area contributed by atoms with Gasteiger partial charge in [0.2, 0.25) is 0 Å². The Balaban J connectivity index is 1.53. The molecule has 6 heteroatoms. The van der Waals surface area contributed by atoms with Crippen molar-refractivity contribution >= 4 is 13.1 Å². The van der Waals surface area contributed by atoms with E-state index in [1.165, 1.54) is 0 Å². The van der Waals surface area contributed by atoms with Crippen molar-refractivity contribution in [3.8, 4) is 0 Å². The second-order valence-corrected chi connectivity index (χ2v) is 7.71. The van der Waals surface area contributed by atoms with E-state index in [0.29, 0.717) is 19.6 Å². The summed E-state index contributed by atoms with van der Waals surface area (Å²) in [6.07, 6.45) is 2.84. The van der Waals surface area contributed by atoms with Crippen molar-refractivity contribution in [1.29, 1.82) is 0 Å². The van der Waals surface area contributed by atoms with E-state index in [-0.39, 0.29) is 24.4 Å². The number of urea groups is 1. The van der Waals surface area contributed by atoms with E-state index in [1.807, 2.05) is 35.2 Å². The van der Waals surface area contributed by atoms with Gasteiger partial charge in [-0.25, -0.2) is 4.79 Å². The minimum absolute atomic E-state index is 0.0342. The summed E-state index contributed by atoms with van der Waals surface area (Å²) in [5, 5.41) is 2.97. The first kappa shape index (κ1) is 18.0. The van der Waals surface area contributed by atoms with E-state index in [4.69, 9.17) is 9.31 Å². The first-order valence-corrected chi connectivity index (χ1v) is 8.90. The summed E-state index contributed by atoms with van der Waals surface area (Å²) < 4.78 is 12.2. The average Bonchev–Trinajstić information content (AvgIpc) is 2.81. The predicted molar refractivity (Wildman–Crippen MR) is 99.0 cm³/mol. The van der Waals surface area contributed by atoms with Gasteiger partial charge in [-0.15, -0.1) is 0 Å². The molecule has 3 rings (SSSR count). The smallest absolute Gasteiger partial charge is 0.400 e. The molecule has 1 aromatic rings. The lowest BCUT2D eigenvalue weighted by molar-refractivity contribution is 0.00578. The van der Waals surface area contributed by atoms with Gasteiger partial charge in [0.1, 0.15) is 0 Å². The highest BCUT2D eigenvalue weighted by atomic mass is 16.7. The summed E-state index contributed by atoms with van der Waals surface area (Å²) >= 11 is 0. The van der Waals surface area contributed by atoms with Crippen molar-refractivity contribution < 1.29 is 14.1 Å². The van der Waals surface area contributed by atoms with Crippen molar-refractivity contribution in [3.63, 3.8) is 0 Å². The molecular formula is C19H27BN2O3. The Kier molecular flexibility index (Phi) is 4.93. The Bertz CT molecular complexity index is 642. The molecule has 1 N–H and O–H groups in total. The van der Waals surface area contributed by atoms with E-state index < -0.39 is 0 Å². The van der Waals surface area contributed by atoms with Gasteiger partial charge in [0, 0.05) is 19.6 Å². The lowest BCUT2D eigenvalue weighted by Gasteiger charge is -2.32. The van der Waals surface area contributed by atoms with Crippen LogP contribution in [-0.4, -0.2) is 42.3 Å². The van der Waals surface area contributed by atoms with Gasteiger partial charge in [-0.3, -0.25) is 0 Å². The maximum atomic E-state index is 12.3. The number of rotatable bonds is 3. The van der Waals surface area contributed by atoms with Crippen molar-refractivity contribution in [1.82, 2.24) is 10.2 Å². The van der Waals surface area contributed by atoms with Crippen LogP contribution in [0.1, 0.15) is 39.7 Å². The molecule has 1 aromatic carbocycles. The van der Waals surface area contributed by atoms with Gasteiger partial charge >= 0.3 is 13.1 Å². The molecule has 0 unspecified atom stereocenters. The summed E-state index contributed by atoms with van der Waals surface area (Å²) in [6, 6.07) is 9.90. The molecule has 0 aliphatic carbocycles. The van der Waals surface area contributed by atoms with Crippen molar-refractivity contribution in [2.24, 2.45) is 0 Å². The zero-order valence-electron chi connectivity index (χ0n) is 15.5. The Labute approximate surface area is 150 Å². The molecule has 0 saturated carbocycles. The molecule has 2 aliphatic rings. The highest BCUT2D eigenvalue weighted by Crippen LogP contribution is 2.39. The summed E-state index contributed by atoms with van der Waals surface area (Å²) in [7, 11) is -0.306. The van der Waals surface area contributed by atoms with E-state index >= 15 is 0 Å². The fourth-order valence-electron chi connectivity index (χ4n) is 2.96. The van der Waals surface area contributed by atoms with Crippen LogP contribution in [0.2, 0.25) is 0 Å². The quantitative estimate of drug-likeness (QED) is 0.859. The Hall–Kier alpha value is -1.79. The molecule has 1 fully saturated rings. The van der Waals surface area contributed by atoms with Gasteiger partial charge < -0.3 is 19.5 Å². The van der Waals surface area contributed by atoms with Gasteiger partial charge in [0.25, 0.3) is 0 Å². The lowest BCUT2D eigenvalue weighted by atomic mass is 9.75. The van der Waals surface area contributed by atoms with Gasteiger partial charge in [0.15, 0.2) is 0 Å². The second-order valence-electron chi connectivity index (χ2n) is 7.71. The van der Waals surface area contributed by atoms with Crippen molar-refractivity contribution in [2.75, 3.05) is 13.1 Å². The highest BCUT2D eigenvalue weighted by Gasteiger charge is 2.52. The van der Waals surface area contributed by atoms with Crippen LogP contribution >= 0.6 is 0 Å². The average molecular weight is 342 g/mol. The summed E-state index contributed by atoms with van der Waals surface area (Å²) in [4.78, 5) is 14.1. The molecule has 0 aromatic heterocycles. The first-order valence-electron chi connectivity index (χ1n) is 8.90. The number of benzene rings is 1. The summed E-state index contributed by atoms with van der Waals surface area (Å²) in [5.74, 6) is 0. The monoisotopic (exact) mass is 342 g/mol. The maximum Gasteiger partial charge on any atom is 0.490 e. The Morgan fingerprint density at radius 2 is 1.80 bits per heavy atom. The van der Waals surface area contributed by atoms with Gasteiger partial charge in [0.05, 0.1) is 11.2 Å². The molecule has 134 valence electrons. The van der Waals surface area contributed by atoms with Crippen LogP contribution in [-0.2, 0) is 15.9 Å². The molecule has 1 saturated heterocycles. The number of nitrogens with one attached hydrogen (secondary N) is 1. The normalized spacial score (nSPS) is 21.8. The van der Waals surface area contributed by atoms with Crippen LogP contribution in [0.4, 0.5) is 4.79 Å². The highest BCUT2D eigenvalue weighted by molar-refractivity contribution is 6.54. The van der Waals surface area contributed by atoms with Crippen LogP contribution in [0.5, 0.6) is 0 Å². The number of amides is 2. The third-order valence-corrected chi connectivity index (χ3v) is 5.37. The number of carbonyl (C=O) groups is 1. The number of hydrogen-bond acceptors (Lipinski definition) is 3.